The highest BCUT2D eigenvalue weighted by molar-refractivity contribution is 7.16. The Hall–Kier alpha value is -2.40. The summed E-state index contributed by atoms with van der Waals surface area (Å²) in [6, 6.07) is 13.5. The quantitative estimate of drug-likeness (QED) is 0.715. The zero-order valence-electron chi connectivity index (χ0n) is 14.1. The Morgan fingerprint density at radius 3 is 2.71 bits per heavy atom. The van der Waals surface area contributed by atoms with Gasteiger partial charge >= 0.3 is 0 Å². The van der Waals surface area contributed by atoms with E-state index in [-0.39, 0.29) is 5.91 Å². The number of benzene rings is 2. The van der Waals surface area contributed by atoms with Crippen LogP contribution >= 0.6 is 11.3 Å². The van der Waals surface area contributed by atoms with Crippen molar-refractivity contribution in [3.05, 3.63) is 58.4 Å². The van der Waals surface area contributed by atoms with Crippen LogP contribution in [0.15, 0.2) is 47.5 Å². The van der Waals surface area contributed by atoms with E-state index in [2.05, 4.69) is 4.99 Å². The van der Waals surface area contributed by atoms with Crippen LogP contribution in [0.25, 0.3) is 10.2 Å². The van der Waals surface area contributed by atoms with E-state index in [0.29, 0.717) is 17.0 Å². The normalized spacial score (nSPS) is 11.9. The highest BCUT2D eigenvalue weighted by Crippen LogP contribution is 2.27. The van der Waals surface area contributed by atoms with Gasteiger partial charge in [0.1, 0.15) is 11.3 Å². The number of para-hydroxylation sites is 1. The summed E-state index contributed by atoms with van der Waals surface area (Å²) in [4.78, 5) is 17.6. The first kappa shape index (κ1) is 16.5. The smallest absolute Gasteiger partial charge is 0.279 e. The number of rotatable bonds is 4. The van der Waals surface area contributed by atoms with Gasteiger partial charge in [0.2, 0.25) is 0 Å². The topological polar surface area (TPSA) is 43.6 Å². The van der Waals surface area contributed by atoms with Gasteiger partial charge in [-0.25, -0.2) is 0 Å². The van der Waals surface area contributed by atoms with Crippen LogP contribution in [0.4, 0.5) is 0 Å². The molecule has 1 aromatic heterocycles. The Bertz CT molecular complexity index is 953. The fourth-order valence-corrected chi connectivity index (χ4v) is 3.79. The number of hydrogen-bond donors (Lipinski definition) is 0. The molecular weight excluding hydrogens is 320 g/mol. The van der Waals surface area contributed by atoms with Gasteiger partial charge in [0.05, 0.1) is 11.3 Å². The third kappa shape index (κ3) is 3.12. The first-order valence-corrected chi connectivity index (χ1v) is 8.86. The second kappa shape index (κ2) is 7.01. The Morgan fingerprint density at radius 2 is 2.00 bits per heavy atom. The summed E-state index contributed by atoms with van der Waals surface area (Å²) in [5, 5.41) is 0. The molecule has 0 saturated heterocycles. The van der Waals surface area contributed by atoms with Crippen molar-refractivity contribution in [1.82, 2.24) is 4.57 Å². The zero-order chi connectivity index (χ0) is 17.1. The molecule has 1 amide bonds. The number of nitrogens with zero attached hydrogens (tertiary/aromatic N) is 2. The van der Waals surface area contributed by atoms with Gasteiger partial charge in [-0.3, -0.25) is 4.79 Å². The van der Waals surface area contributed by atoms with Crippen LogP contribution in [0, 0.1) is 6.92 Å². The average molecular weight is 340 g/mol. The molecule has 0 aliphatic carbocycles. The molecule has 124 valence electrons. The summed E-state index contributed by atoms with van der Waals surface area (Å²) in [5.74, 6) is 0.614. The van der Waals surface area contributed by atoms with Crippen molar-refractivity contribution >= 4 is 27.5 Å². The van der Waals surface area contributed by atoms with E-state index in [4.69, 9.17) is 4.74 Å². The average Bonchev–Trinajstić information content (AvgIpc) is 2.93. The number of amides is 1. The Morgan fingerprint density at radius 1 is 1.21 bits per heavy atom. The largest absolute Gasteiger partial charge is 0.492 e. The number of aryl methyl sites for hydroxylation is 2. The van der Waals surface area contributed by atoms with E-state index in [1.165, 1.54) is 11.3 Å². The maximum absolute atomic E-state index is 12.5. The van der Waals surface area contributed by atoms with Crippen molar-refractivity contribution in [2.24, 2.45) is 4.99 Å². The number of carbonyl (C=O) groups excluding carboxylic acids is 1. The zero-order valence-corrected chi connectivity index (χ0v) is 14.9. The molecule has 1 heterocycles. The molecule has 0 saturated carbocycles. The standard InChI is InChI=1S/C19H20N2O2S/c1-4-21-17-15(23-5-2)10-7-11-16(17)24-19(21)20-18(22)14-9-6-8-13(3)12-14/h6-12H,4-5H2,1-3H3. The van der Waals surface area contributed by atoms with Crippen molar-refractivity contribution < 1.29 is 9.53 Å². The van der Waals surface area contributed by atoms with Gasteiger partial charge in [-0.2, -0.15) is 4.99 Å². The van der Waals surface area contributed by atoms with Crippen LogP contribution in [-0.2, 0) is 6.54 Å². The van der Waals surface area contributed by atoms with E-state index in [9.17, 15) is 4.79 Å². The summed E-state index contributed by atoms with van der Waals surface area (Å²) >= 11 is 1.51. The van der Waals surface area contributed by atoms with Crippen LogP contribution in [0.5, 0.6) is 5.75 Å². The Kier molecular flexibility index (Phi) is 4.81. The SMILES string of the molecule is CCOc1cccc2sc(=NC(=O)c3cccc(C)c3)n(CC)c12. The lowest BCUT2D eigenvalue weighted by Gasteiger charge is -2.07. The molecule has 0 aliphatic rings. The molecule has 4 nitrogen and oxygen atoms in total. The van der Waals surface area contributed by atoms with Crippen LogP contribution in [0.1, 0.15) is 29.8 Å². The molecule has 3 rings (SSSR count). The second-order valence-corrected chi connectivity index (χ2v) is 6.46. The molecular formula is C19H20N2O2S. The fraction of sp³-hybridized carbons (Fsp3) is 0.263. The van der Waals surface area contributed by atoms with Gasteiger partial charge in [-0.05, 0) is 45.0 Å². The summed E-state index contributed by atoms with van der Waals surface area (Å²) < 4.78 is 8.85. The number of hydrogen-bond acceptors (Lipinski definition) is 3. The third-order valence-electron chi connectivity index (χ3n) is 3.74. The van der Waals surface area contributed by atoms with E-state index < -0.39 is 0 Å². The van der Waals surface area contributed by atoms with Gasteiger partial charge in [-0.15, -0.1) is 0 Å². The molecule has 5 heteroatoms. The van der Waals surface area contributed by atoms with Crippen LogP contribution in [0.2, 0.25) is 0 Å². The van der Waals surface area contributed by atoms with Gasteiger partial charge in [0.15, 0.2) is 4.80 Å². The molecule has 0 bridgehead atoms. The predicted octanol–water partition coefficient (Wildman–Crippen LogP) is 4.17. The first-order valence-electron chi connectivity index (χ1n) is 8.05. The maximum atomic E-state index is 12.5. The predicted molar refractivity (Wildman–Crippen MR) is 97.7 cm³/mol. The molecule has 0 unspecified atom stereocenters. The van der Waals surface area contributed by atoms with Crippen LogP contribution in [0.3, 0.4) is 0 Å². The second-order valence-electron chi connectivity index (χ2n) is 5.45. The van der Waals surface area contributed by atoms with E-state index >= 15 is 0 Å². The maximum Gasteiger partial charge on any atom is 0.279 e. The lowest BCUT2D eigenvalue weighted by molar-refractivity contribution is 0.0997. The van der Waals surface area contributed by atoms with Gasteiger partial charge in [0, 0.05) is 12.1 Å². The van der Waals surface area contributed by atoms with E-state index in [0.717, 1.165) is 28.1 Å². The van der Waals surface area contributed by atoms with Crippen molar-refractivity contribution in [2.75, 3.05) is 6.61 Å². The molecule has 0 fully saturated rings. The molecule has 0 atom stereocenters. The number of fused-ring (bicyclic) bond motifs is 1. The minimum absolute atomic E-state index is 0.217. The molecule has 24 heavy (non-hydrogen) atoms. The Labute approximate surface area is 145 Å². The van der Waals surface area contributed by atoms with Gasteiger partial charge in [-0.1, -0.05) is 35.1 Å². The molecule has 2 aromatic carbocycles. The fourth-order valence-electron chi connectivity index (χ4n) is 2.68. The first-order chi connectivity index (χ1) is 11.6. The molecule has 3 aromatic rings. The lowest BCUT2D eigenvalue weighted by Crippen LogP contribution is -2.16. The van der Waals surface area contributed by atoms with Crippen LogP contribution < -0.4 is 9.54 Å². The van der Waals surface area contributed by atoms with Gasteiger partial charge in [0.25, 0.3) is 5.91 Å². The van der Waals surface area contributed by atoms with Crippen molar-refractivity contribution in [2.45, 2.75) is 27.3 Å². The summed E-state index contributed by atoms with van der Waals surface area (Å²) in [6.07, 6.45) is 0. The van der Waals surface area contributed by atoms with E-state index in [1.54, 1.807) is 6.07 Å². The van der Waals surface area contributed by atoms with Crippen molar-refractivity contribution in [3.63, 3.8) is 0 Å². The van der Waals surface area contributed by atoms with E-state index in [1.807, 2.05) is 61.7 Å². The monoisotopic (exact) mass is 340 g/mol. The summed E-state index contributed by atoms with van der Waals surface area (Å²) in [5.41, 5.74) is 2.66. The summed E-state index contributed by atoms with van der Waals surface area (Å²) in [7, 11) is 0. The molecule has 0 spiro atoms. The lowest BCUT2D eigenvalue weighted by atomic mass is 10.1. The third-order valence-corrected chi connectivity index (χ3v) is 4.79. The molecule has 0 aliphatic heterocycles. The minimum atomic E-state index is -0.217. The summed E-state index contributed by atoms with van der Waals surface area (Å²) in [6.45, 7) is 7.31. The highest BCUT2D eigenvalue weighted by atomic mass is 32.1. The van der Waals surface area contributed by atoms with Gasteiger partial charge < -0.3 is 9.30 Å². The highest BCUT2D eigenvalue weighted by Gasteiger charge is 2.12. The number of ether oxygens (including phenoxy) is 1. The number of carbonyl (C=O) groups is 1. The van der Waals surface area contributed by atoms with Crippen LogP contribution in [-0.4, -0.2) is 17.1 Å². The van der Waals surface area contributed by atoms with Crippen molar-refractivity contribution in [1.29, 1.82) is 0 Å². The number of aromatic nitrogens is 1. The Balaban J connectivity index is 2.15. The number of thiazole rings is 1. The molecule has 0 radical (unpaired) electrons. The van der Waals surface area contributed by atoms with Crippen molar-refractivity contribution in [3.8, 4) is 5.75 Å². The molecule has 0 N–H and O–H groups in total. The minimum Gasteiger partial charge on any atom is -0.492 e.